The number of halogens is 1. The number of carbonyl (C=O) groups excluding carboxylic acids is 2. The Kier molecular flexibility index (Phi) is 9.59. The quantitative estimate of drug-likeness (QED) is 0.551. The topological polar surface area (TPSA) is 73.9 Å². The van der Waals surface area contributed by atoms with Crippen LogP contribution in [-0.4, -0.2) is 36.9 Å². The monoisotopic (exact) mass is 425 g/mol. The zero-order valence-electron chi connectivity index (χ0n) is 19.4. The fourth-order valence-corrected chi connectivity index (χ4v) is 3.55. The minimum absolute atomic E-state index is 0.187. The summed E-state index contributed by atoms with van der Waals surface area (Å²) < 4.78 is 30.0. The van der Waals surface area contributed by atoms with Crippen LogP contribution in [-0.2, 0) is 14.3 Å². The largest absolute Gasteiger partial charge is 0.496 e. The highest BCUT2D eigenvalue weighted by atomic mass is 19.1. The number of esters is 1. The maximum Gasteiger partial charge on any atom is 0.408 e. The van der Waals surface area contributed by atoms with Crippen molar-refractivity contribution < 1.29 is 28.2 Å². The first kappa shape index (κ1) is 25.7. The van der Waals surface area contributed by atoms with Crippen LogP contribution in [0, 0.1) is 11.7 Å². The Morgan fingerprint density at radius 2 is 1.73 bits per heavy atom. The van der Waals surface area contributed by atoms with Crippen molar-refractivity contribution >= 4 is 12.1 Å². The standard InChI is InChI=1S/C23H36FNO5/c1-9-16(10-2)20(18-12-11-17(24)13-19(18)28-8)15(4)29-21(26)14(3)25-22(27)30-23(5,6)7/h11-16,20H,9-10H2,1-8H3,(H,25,27)/t14-,15-,20-/m0/s1. The van der Waals surface area contributed by atoms with E-state index in [1.807, 2.05) is 6.92 Å². The van der Waals surface area contributed by atoms with E-state index in [0.29, 0.717) is 5.75 Å². The number of benzene rings is 1. The maximum absolute atomic E-state index is 13.7. The van der Waals surface area contributed by atoms with Gasteiger partial charge in [0.25, 0.3) is 0 Å². The third-order valence-electron chi connectivity index (χ3n) is 5.01. The lowest BCUT2D eigenvalue weighted by molar-refractivity contribution is -0.152. The number of amides is 1. The van der Waals surface area contributed by atoms with Gasteiger partial charge in [0.1, 0.15) is 29.3 Å². The second-order valence-corrected chi connectivity index (χ2v) is 8.50. The number of ether oxygens (including phenoxy) is 3. The van der Waals surface area contributed by atoms with Crippen molar-refractivity contribution in [3.63, 3.8) is 0 Å². The number of hydrogen-bond acceptors (Lipinski definition) is 5. The molecule has 1 aromatic rings. The Hall–Kier alpha value is -2.31. The van der Waals surface area contributed by atoms with Gasteiger partial charge in [-0.25, -0.2) is 14.0 Å². The molecule has 0 radical (unpaired) electrons. The molecule has 0 bridgehead atoms. The summed E-state index contributed by atoms with van der Waals surface area (Å²) in [6.07, 6.45) is 0.519. The molecule has 0 spiro atoms. The van der Waals surface area contributed by atoms with Crippen molar-refractivity contribution in [3.05, 3.63) is 29.6 Å². The SMILES string of the molecule is CCC(CC)[C@@H](c1ccc(F)cc1OC)[C@H](C)OC(=O)[C@H](C)NC(=O)OC(C)(C)C. The van der Waals surface area contributed by atoms with E-state index in [2.05, 4.69) is 19.2 Å². The van der Waals surface area contributed by atoms with Gasteiger partial charge in [-0.2, -0.15) is 0 Å². The Labute approximate surface area is 179 Å². The second kappa shape index (κ2) is 11.2. The lowest BCUT2D eigenvalue weighted by Crippen LogP contribution is -2.44. The Bertz CT molecular complexity index is 712. The lowest BCUT2D eigenvalue weighted by atomic mass is 9.79. The van der Waals surface area contributed by atoms with Gasteiger partial charge in [0.05, 0.1) is 7.11 Å². The van der Waals surface area contributed by atoms with Crippen LogP contribution in [0.1, 0.15) is 72.8 Å². The van der Waals surface area contributed by atoms with Gasteiger partial charge in [-0.15, -0.1) is 0 Å². The van der Waals surface area contributed by atoms with Gasteiger partial charge in [-0.3, -0.25) is 0 Å². The summed E-state index contributed by atoms with van der Waals surface area (Å²) in [6.45, 7) is 12.7. The Balaban J connectivity index is 3.02. The van der Waals surface area contributed by atoms with Crippen LogP contribution in [0.3, 0.4) is 0 Å². The maximum atomic E-state index is 13.7. The van der Waals surface area contributed by atoms with Crippen LogP contribution >= 0.6 is 0 Å². The van der Waals surface area contributed by atoms with Crippen molar-refractivity contribution in [2.24, 2.45) is 5.92 Å². The molecule has 30 heavy (non-hydrogen) atoms. The summed E-state index contributed by atoms with van der Waals surface area (Å²) in [6, 6.07) is 3.53. The number of hydrogen-bond donors (Lipinski definition) is 1. The molecule has 0 fully saturated rings. The van der Waals surface area contributed by atoms with Crippen molar-refractivity contribution in [3.8, 4) is 5.75 Å². The third kappa shape index (κ3) is 7.50. The molecule has 0 aliphatic carbocycles. The highest BCUT2D eigenvalue weighted by molar-refractivity contribution is 5.81. The van der Waals surface area contributed by atoms with Crippen LogP contribution < -0.4 is 10.1 Å². The van der Waals surface area contributed by atoms with Crippen LogP contribution in [0.2, 0.25) is 0 Å². The zero-order chi connectivity index (χ0) is 23.1. The Morgan fingerprint density at radius 3 is 2.23 bits per heavy atom. The highest BCUT2D eigenvalue weighted by Gasteiger charge is 2.33. The van der Waals surface area contributed by atoms with Crippen LogP contribution in [0.4, 0.5) is 9.18 Å². The van der Waals surface area contributed by atoms with Crippen LogP contribution in [0.15, 0.2) is 18.2 Å². The van der Waals surface area contributed by atoms with Crippen LogP contribution in [0.25, 0.3) is 0 Å². The normalized spacial score (nSPS) is 14.6. The summed E-state index contributed by atoms with van der Waals surface area (Å²) in [7, 11) is 1.49. The summed E-state index contributed by atoms with van der Waals surface area (Å²) in [5.41, 5.74) is 0.126. The fourth-order valence-electron chi connectivity index (χ4n) is 3.55. The third-order valence-corrected chi connectivity index (χ3v) is 5.01. The number of alkyl carbamates (subject to hydrolysis) is 1. The molecule has 0 aromatic heterocycles. The molecule has 170 valence electrons. The van der Waals surface area contributed by atoms with Gasteiger partial charge in [-0.1, -0.05) is 32.8 Å². The van der Waals surface area contributed by atoms with E-state index < -0.39 is 35.6 Å². The van der Waals surface area contributed by atoms with Crippen molar-refractivity contribution in [2.45, 2.75) is 85.0 Å². The average molecular weight is 426 g/mol. The van der Waals surface area contributed by atoms with Gasteiger partial charge < -0.3 is 19.5 Å². The first-order valence-corrected chi connectivity index (χ1v) is 10.5. The molecular formula is C23H36FNO5. The van der Waals surface area contributed by atoms with E-state index in [9.17, 15) is 14.0 Å². The molecule has 0 aliphatic rings. The molecule has 1 amide bonds. The molecule has 0 heterocycles. The number of rotatable bonds is 9. The van der Waals surface area contributed by atoms with Crippen molar-refractivity contribution in [1.29, 1.82) is 0 Å². The number of carbonyl (C=O) groups is 2. The van der Waals surface area contributed by atoms with Gasteiger partial charge in [-0.05, 0) is 46.6 Å². The molecule has 3 atom stereocenters. The smallest absolute Gasteiger partial charge is 0.408 e. The highest BCUT2D eigenvalue weighted by Crippen LogP contribution is 2.39. The molecule has 7 heteroatoms. The molecular weight excluding hydrogens is 389 g/mol. The molecule has 1 N–H and O–H groups in total. The van der Waals surface area contributed by atoms with E-state index in [-0.39, 0.29) is 11.8 Å². The first-order chi connectivity index (χ1) is 13.9. The summed E-state index contributed by atoms with van der Waals surface area (Å²) in [5, 5.41) is 2.50. The fraction of sp³-hybridized carbons (Fsp3) is 0.652. The van der Waals surface area contributed by atoms with Gasteiger partial charge in [0.2, 0.25) is 0 Å². The van der Waals surface area contributed by atoms with E-state index in [1.54, 1.807) is 33.8 Å². The summed E-state index contributed by atoms with van der Waals surface area (Å²) in [5.74, 6) is -0.520. The minimum Gasteiger partial charge on any atom is -0.496 e. The van der Waals surface area contributed by atoms with E-state index in [1.165, 1.54) is 19.2 Å². The second-order valence-electron chi connectivity index (χ2n) is 8.50. The molecule has 0 saturated carbocycles. The summed E-state index contributed by atoms with van der Waals surface area (Å²) >= 11 is 0. The van der Waals surface area contributed by atoms with E-state index in [4.69, 9.17) is 14.2 Å². The van der Waals surface area contributed by atoms with Gasteiger partial charge in [0.15, 0.2) is 0 Å². The number of methoxy groups -OCH3 is 1. The van der Waals surface area contributed by atoms with E-state index in [0.717, 1.165) is 18.4 Å². The van der Waals surface area contributed by atoms with Gasteiger partial charge in [0, 0.05) is 17.5 Å². The molecule has 1 aromatic carbocycles. The molecule has 0 saturated heterocycles. The van der Waals surface area contributed by atoms with Crippen LogP contribution in [0.5, 0.6) is 5.75 Å². The lowest BCUT2D eigenvalue weighted by Gasteiger charge is -2.32. The number of nitrogens with one attached hydrogen (secondary N) is 1. The predicted molar refractivity (Wildman–Crippen MR) is 114 cm³/mol. The van der Waals surface area contributed by atoms with Crippen molar-refractivity contribution in [2.75, 3.05) is 7.11 Å². The summed E-state index contributed by atoms with van der Waals surface area (Å²) in [4.78, 5) is 24.6. The molecule has 0 aliphatic heterocycles. The van der Waals surface area contributed by atoms with Gasteiger partial charge >= 0.3 is 12.1 Å². The first-order valence-electron chi connectivity index (χ1n) is 10.5. The Morgan fingerprint density at radius 1 is 1.13 bits per heavy atom. The van der Waals surface area contributed by atoms with E-state index >= 15 is 0 Å². The predicted octanol–water partition coefficient (Wildman–Crippen LogP) is 5.20. The molecule has 1 rings (SSSR count). The minimum atomic E-state index is -0.875. The van der Waals surface area contributed by atoms with Crippen molar-refractivity contribution in [1.82, 2.24) is 5.32 Å². The average Bonchev–Trinajstić information content (AvgIpc) is 2.64. The molecule has 6 nitrogen and oxygen atoms in total. The zero-order valence-corrected chi connectivity index (χ0v) is 19.4. The molecule has 0 unspecified atom stereocenters.